The van der Waals surface area contributed by atoms with Crippen molar-refractivity contribution in [1.29, 1.82) is 0 Å². The molecule has 0 aliphatic carbocycles. The zero-order valence-corrected chi connectivity index (χ0v) is 14.9. The molecule has 0 N–H and O–H groups in total. The van der Waals surface area contributed by atoms with E-state index in [9.17, 15) is 0 Å². The molecule has 0 aromatic rings. The molecule has 0 saturated carbocycles. The summed E-state index contributed by atoms with van der Waals surface area (Å²) in [7, 11) is 0. The third-order valence-corrected chi connectivity index (χ3v) is 4.48. The Morgan fingerprint density at radius 2 is 0.842 bits per heavy atom. The minimum atomic E-state index is 1.21. The van der Waals surface area contributed by atoms with Gasteiger partial charge in [-0.05, 0) is 12.8 Å². The molecular formula is C18H36Se. The van der Waals surface area contributed by atoms with Gasteiger partial charge >= 0.3 is 92.0 Å². The van der Waals surface area contributed by atoms with E-state index < -0.39 is 0 Å². The standard InChI is InChI=1S/C18H36Se/c1-2-3-4-5-6-7-8-9-10-11-12-13-14-15-16-17-18-19/h2,19H,1,3-18H2. The molecular weight excluding hydrogens is 295 g/mol. The topological polar surface area (TPSA) is 0 Å². The van der Waals surface area contributed by atoms with Crippen LogP contribution in [0.3, 0.4) is 0 Å². The van der Waals surface area contributed by atoms with Gasteiger partial charge in [-0.3, -0.25) is 0 Å². The van der Waals surface area contributed by atoms with Crippen molar-refractivity contribution in [3.05, 3.63) is 12.7 Å². The van der Waals surface area contributed by atoms with Crippen molar-refractivity contribution in [3.8, 4) is 0 Å². The van der Waals surface area contributed by atoms with Gasteiger partial charge in [0.2, 0.25) is 0 Å². The monoisotopic (exact) mass is 332 g/mol. The van der Waals surface area contributed by atoms with E-state index in [0.717, 1.165) is 0 Å². The Kier molecular flexibility index (Phi) is 18.5. The molecule has 0 radical (unpaired) electrons. The second-order valence-electron chi connectivity index (χ2n) is 5.75. The van der Waals surface area contributed by atoms with Gasteiger partial charge in [-0.15, -0.1) is 6.58 Å². The van der Waals surface area contributed by atoms with Crippen LogP contribution in [0.2, 0.25) is 5.32 Å². The van der Waals surface area contributed by atoms with Crippen molar-refractivity contribution < 1.29 is 0 Å². The van der Waals surface area contributed by atoms with E-state index in [1.165, 1.54) is 102 Å². The number of rotatable bonds is 16. The zero-order valence-electron chi connectivity index (χ0n) is 13.0. The molecule has 114 valence electrons. The van der Waals surface area contributed by atoms with Gasteiger partial charge in [0.25, 0.3) is 0 Å². The van der Waals surface area contributed by atoms with Crippen molar-refractivity contribution in [2.75, 3.05) is 0 Å². The number of hydrogen-bond donors (Lipinski definition) is 0. The summed E-state index contributed by atoms with van der Waals surface area (Å²) in [6, 6.07) is 0. The van der Waals surface area contributed by atoms with Crippen LogP contribution in [-0.2, 0) is 0 Å². The van der Waals surface area contributed by atoms with E-state index in [2.05, 4.69) is 22.6 Å². The minimum absolute atomic E-state index is 1.21. The van der Waals surface area contributed by atoms with Crippen LogP contribution in [0.1, 0.15) is 96.3 Å². The molecule has 0 spiro atoms. The molecule has 0 amide bonds. The fourth-order valence-electron chi connectivity index (χ4n) is 2.52. The number of unbranched alkanes of at least 4 members (excludes halogenated alkanes) is 14. The summed E-state index contributed by atoms with van der Waals surface area (Å²) in [5, 5.41) is 1.31. The molecule has 0 fully saturated rings. The second kappa shape index (κ2) is 18.3. The van der Waals surface area contributed by atoms with Crippen LogP contribution in [0.5, 0.6) is 0 Å². The van der Waals surface area contributed by atoms with Crippen molar-refractivity contribution in [3.63, 3.8) is 0 Å². The summed E-state index contributed by atoms with van der Waals surface area (Å²) in [5.74, 6) is 0. The Hall–Kier alpha value is 0.259. The van der Waals surface area contributed by atoms with Gasteiger partial charge in [-0.2, -0.15) is 0 Å². The van der Waals surface area contributed by atoms with Crippen molar-refractivity contribution >= 4 is 16.0 Å². The summed E-state index contributed by atoms with van der Waals surface area (Å²) in [6.45, 7) is 3.76. The van der Waals surface area contributed by atoms with E-state index in [4.69, 9.17) is 0 Å². The van der Waals surface area contributed by atoms with E-state index in [1.807, 2.05) is 6.08 Å². The fraction of sp³-hybridized carbons (Fsp3) is 0.889. The molecule has 0 aliphatic heterocycles. The maximum atomic E-state index is 3.76. The second-order valence-corrected chi connectivity index (χ2v) is 6.69. The van der Waals surface area contributed by atoms with Gasteiger partial charge in [0, 0.05) is 0 Å². The van der Waals surface area contributed by atoms with Crippen LogP contribution in [0.4, 0.5) is 0 Å². The Bertz CT molecular complexity index is 165. The Balaban J connectivity index is 2.89. The molecule has 0 nitrogen and oxygen atoms in total. The Morgan fingerprint density at radius 1 is 0.526 bits per heavy atom. The average Bonchev–Trinajstić information content (AvgIpc) is 2.43. The summed E-state index contributed by atoms with van der Waals surface area (Å²) in [5.41, 5.74) is 0. The van der Waals surface area contributed by atoms with Crippen molar-refractivity contribution in [2.45, 2.75) is 102 Å². The first-order valence-corrected chi connectivity index (χ1v) is 9.96. The molecule has 0 rings (SSSR count). The molecule has 0 aromatic carbocycles. The fourth-order valence-corrected chi connectivity index (χ4v) is 2.99. The van der Waals surface area contributed by atoms with Crippen LogP contribution >= 0.6 is 0 Å². The van der Waals surface area contributed by atoms with E-state index >= 15 is 0 Å². The molecule has 0 heterocycles. The third-order valence-electron chi connectivity index (χ3n) is 3.82. The van der Waals surface area contributed by atoms with Gasteiger partial charge in [-0.25, -0.2) is 0 Å². The van der Waals surface area contributed by atoms with Crippen LogP contribution in [0, 0.1) is 0 Å². The van der Waals surface area contributed by atoms with Gasteiger partial charge in [-0.1, -0.05) is 18.9 Å². The predicted octanol–water partition coefficient (Wildman–Crippen LogP) is 6.34. The van der Waals surface area contributed by atoms with E-state index in [1.54, 1.807) is 0 Å². The van der Waals surface area contributed by atoms with Crippen LogP contribution in [0.15, 0.2) is 12.7 Å². The van der Waals surface area contributed by atoms with Crippen LogP contribution in [-0.4, -0.2) is 16.0 Å². The SMILES string of the molecule is C=CCCCCCCCCCCCCCCCC[SeH]. The first-order valence-electron chi connectivity index (χ1n) is 8.63. The van der Waals surface area contributed by atoms with Gasteiger partial charge in [0.15, 0.2) is 0 Å². The van der Waals surface area contributed by atoms with Gasteiger partial charge in [0.1, 0.15) is 0 Å². The normalized spacial score (nSPS) is 10.8. The van der Waals surface area contributed by atoms with Gasteiger partial charge in [0.05, 0.1) is 0 Å². The third kappa shape index (κ3) is 18.3. The summed E-state index contributed by atoms with van der Waals surface area (Å²) in [4.78, 5) is 0. The first-order chi connectivity index (χ1) is 9.41. The number of hydrogen-bond acceptors (Lipinski definition) is 0. The van der Waals surface area contributed by atoms with Gasteiger partial charge < -0.3 is 0 Å². The van der Waals surface area contributed by atoms with E-state index in [0.29, 0.717) is 0 Å². The molecule has 0 aliphatic rings. The van der Waals surface area contributed by atoms with Crippen molar-refractivity contribution in [2.24, 2.45) is 0 Å². The number of allylic oxidation sites excluding steroid dienone is 1. The summed E-state index contributed by atoms with van der Waals surface area (Å²) >= 11 is 2.69. The zero-order chi connectivity index (χ0) is 14.0. The van der Waals surface area contributed by atoms with Crippen LogP contribution in [0.25, 0.3) is 0 Å². The molecule has 19 heavy (non-hydrogen) atoms. The van der Waals surface area contributed by atoms with E-state index in [-0.39, 0.29) is 0 Å². The predicted molar refractivity (Wildman–Crippen MR) is 91.4 cm³/mol. The molecule has 0 unspecified atom stereocenters. The first kappa shape index (κ1) is 19.3. The summed E-state index contributed by atoms with van der Waals surface area (Å²) in [6.07, 6.45) is 23.5. The average molecular weight is 331 g/mol. The maximum absolute atomic E-state index is 3.76. The quantitative estimate of drug-likeness (QED) is 0.176. The molecule has 1 heteroatoms. The molecule has 0 aromatic heterocycles. The van der Waals surface area contributed by atoms with Crippen molar-refractivity contribution in [1.82, 2.24) is 0 Å². The molecule has 0 atom stereocenters. The molecule has 0 bridgehead atoms. The Labute approximate surface area is 130 Å². The van der Waals surface area contributed by atoms with Crippen LogP contribution < -0.4 is 0 Å². The summed E-state index contributed by atoms with van der Waals surface area (Å²) < 4.78 is 0. The molecule has 0 saturated heterocycles. The Morgan fingerprint density at radius 3 is 1.16 bits per heavy atom.